The molecule has 1 saturated carbocycles. The lowest BCUT2D eigenvalue weighted by Gasteiger charge is -2.21. The first-order valence-electron chi connectivity index (χ1n) is 5.56. The molecule has 0 aromatic heterocycles. The van der Waals surface area contributed by atoms with E-state index in [1.807, 2.05) is 6.92 Å². The summed E-state index contributed by atoms with van der Waals surface area (Å²) in [5.41, 5.74) is 5.62. The summed E-state index contributed by atoms with van der Waals surface area (Å²) in [5.74, 6) is 1.28. The highest BCUT2D eigenvalue weighted by Crippen LogP contribution is 2.32. The number of amides is 1. The van der Waals surface area contributed by atoms with Gasteiger partial charge in [-0.1, -0.05) is 20.8 Å². The van der Waals surface area contributed by atoms with Crippen LogP contribution in [0.2, 0.25) is 0 Å². The van der Waals surface area contributed by atoms with Crippen LogP contribution in [0.5, 0.6) is 0 Å². The number of hydrogen-bond donors (Lipinski definition) is 2. The Morgan fingerprint density at radius 1 is 1.43 bits per heavy atom. The van der Waals surface area contributed by atoms with Gasteiger partial charge in [-0.25, -0.2) is 0 Å². The van der Waals surface area contributed by atoms with E-state index < -0.39 is 0 Å². The number of carbonyl (C=O) groups is 1. The van der Waals surface area contributed by atoms with Crippen molar-refractivity contribution in [1.82, 2.24) is 5.32 Å². The Hall–Kier alpha value is -0.570. The maximum atomic E-state index is 11.7. The molecule has 1 fully saturated rings. The summed E-state index contributed by atoms with van der Waals surface area (Å²) in [7, 11) is 0. The highest BCUT2D eigenvalue weighted by molar-refractivity contribution is 5.78. The summed E-state index contributed by atoms with van der Waals surface area (Å²) in [5, 5.41) is 3.05. The fourth-order valence-corrected chi connectivity index (χ4v) is 1.48. The first-order valence-corrected chi connectivity index (χ1v) is 5.56. The highest BCUT2D eigenvalue weighted by atomic mass is 16.1. The summed E-state index contributed by atoms with van der Waals surface area (Å²) >= 11 is 0. The molecule has 1 aliphatic rings. The van der Waals surface area contributed by atoms with E-state index in [2.05, 4.69) is 19.2 Å². The first kappa shape index (κ1) is 11.5. The number of nitrogens with one attached hydrogen (secondary N) is 1. The summed E-state index contributed by atoms with van der Waals surface area (Å²) in [6, 6.07) is 0.212. The maximum absolute atomic E-state index is 11.7. The Morgan fingerprint density at radius 3 is 2.36 bits per heavy atom. The zero-order chi connectivity index (χ0) is 10.7. The molecule has 3 heteroatoms. The van der Waals surface area contributed by atoms with E-state index in [1.54, 1.807) is 0 Å². The van der Waals surface area contributed by atoms with E-state index in [9.17, 15) is 4.79 Å². The van der Waals surface area contributed by atoms with Gasteiger partial charge in [0.25, 0.3) is 0 Å². The number of hydrogen-bond acceptors (Lipinski definition) is 2. The lowest BCUT2D eigenvalue weighted by atomic mass is 9.96. The molecule has 82 valence electrons. The van der Waals surface area contributed by atoms with E-state index in [4.69, 9.17) is 5.73 Å². The van der Waals surface area contributed by atoms with Gasteiger partial charge in [-0.05, 0) is 24.7 Å². The van der Waals surface area contributed by atoms with Crippen LogP contribution >= 0.6 is 0 Å². The Morgan fingerprint density at radius 2 is 2.00 bits per heavy atom. The largest absolute Gasteiger partial charge is 0.352 e. The predicted molar refractivity (Wildman–Crippen MR) is 57.7 cm³/mol. The second-order valence-electron chi connectivity index (χ2n) is 4.72. The molecular weight excluding hydrogens is 176 g/mol. The van der Waals surface area contributed by atoms with Crippen molar-refractivity contribution in [2.75, 3.05) is 6.54 Å². The minimum Gasteiger partial charge on any atom is -0.352 e. The summed E-state index contributed by atoms with van der Waals surface area (Å²) in [4.78, 5) is 11.7. The van der Waals surface area contributed by atoms with Gasteiger partial charge < -0.3 is 11.1 Å². The van der Waals surface area contributed by atoms with Gasteiger partial charge in [0.2, 0.25) is 5.91 Å². The van der Waals surface area contributed by atoms with Gasteiger partial charge in [0.1, 0.15) is 0 Å². The second-order valence-corrected chi connectivity index (χ2v) is 4.72. The van der Waals surface area contributed by atoms with Gasteiger partial charge in [0.15, 0.2) is 0 Å². The van der Waals surface area contributed by atoms with Crippen LogP contribution in [0, 0.1) is 17.8 Å². The minimum absolute atomic E-state index is 0.0859. The average Bonchev–Trinajstić information content (AvgIpc) is 2.95. The van der Waals surface area contributed by atoms with E-state index in [0.29, 0.717) is 18.4 Å². The highest BCUT2D eigenvalue weighted by Gasteiger charge is 2.32. The molecule has 1 aliphatic carbocycles. The molecule has 0 aromatic rings. The first-order chi connectivity index (χ1) is 6.56. The van der Waals surface area contributed by atoms with Crippen LogP contribution in [0.15, 0.2) is 0 Å². The van der Waals surface area contributed by atoms with E-state index in [1.165, 1.54) is 12.8 Å². The molecule has 3 N–H and O–H groups in total. The lowest BCUT2D eigenvalue weighted by Crippen LogP contribution is -2.44. The Balaban J connectivity index is 2.37. The quantitative estimate of drug-likeness (QED) is 0.696. The molecule has 3 nitrogen and oxygen atoms in total. The zero-order valence-corrected chi connectivity index (χ0v) is 9.42. The van der Waals surface area contributed by atoms with Crippen LogP contribution in [-0.4, -0.2) is 18.5 Å². The van der Waals surface area contributed by atoms with Crippen molar-refractivity contribution in [3.63, 3.8) is 0 Å². The van der Waals surface area contributed by atoms with Crippen molar-refractivity contribution in [3.8, 4) is 0 Å². The fourth-order valence-electron chi connectivity index (χ4n) is 1.48. The smallest absolute Gasteiger partial charge is 0.223 e. The van der Waals surface area contributed by atoms with Crippen molar-refractivity contribution in [2.45, 2.75) is 39.7 Å². The molecule has 0 aromatic carbocycles. The standard InChI is InChI=1S/C11H22N2O/c1-7(2)8(3)11(14)13-10(6-12)9-4-5-9/h7-10H,4-6,12H2,1-3H3,(H,13,14). The molecule has 0 saturated heterocycles. The molecule has 14 heavy (non-hydrogen) atoms. The fraction of sp³-hybridized carbons (Fsp3) is 0.909. The number of rotatable bonds is 5. The van der Waals surface area contributed by atoms with Crippen LogP contribution in [0.25, 0.3) is 0 Å². The van der Waals surface area contributed by atoms with Gasteiger partial charge in [-0.2, -0.15) is 0 Å². The second kappa shape index (κ2) is 4.78. The van der Waals surface area contributed by atoms with Gasteiger partial charge in [-0.3, -0.25) is 4.79 Å². The Bertz CT molecular complexity index is 199. The van der Waals surface area contributed by atoms with Crippen molar-refractivity contribution in [3.05, 3.63) is 0 Å². The monoisotopic (exact) mass is 198 g/mol. The van der Waals surface area contributed by atoms with E-state index in [0.717, 1.165) is 0 Å². The third kappa shape index (κ3) is 2.98. The molecule has 1 amide bonds. The molecular formula is C11H22N2O. The van der Waals surface area contributed by atoms with Crippen molar-refractivity contribution >= 4 is 5.91 Å². The normalized spacial score (nSPS) is 20.6. The molecule has 1 rings (SSSR count). The van der Waals surface area contributed by atoms with Gasteiger partial charge >= 0.3 is 0 Å². The summed E-state index contributed by atoms with van der Waals surface area (Å²) in [6.45, 7) is 6.68. The van der Waals surface area contributed by atoms with Crippen LogP contribution in [-0.2, 0) is 4.79 Å². The Kier molecular flexibility index (Phi) is 3.93. The van der Waals surface area contributed by atoms with Crippen LogP contribution < -0.4 is 11.1 Å². The Labute approximate surface area is 86.4 Å². The minimum atomic E-state index is 0.0859. The van der Waals surface area contributed by atoms with Crippen molar-refractivity contribution in [1.29, 1.82) is 0 Å². The van der Waals surface area contributed by atoms with Crippen molar-refractivity contribution in [2.24, 2.45) is 23.5 Å². The SMILES string of the molecule is CC(C)C(C)C(=O)NC(CN)C1CC1. The third-order valence-corrected chi connectivity index (χ3v) is 3.19. The molecule has 0 aliphatic heterocycles. The molecule has 0 spiro atoms. The third-order valence-electron chi connectivity index (χ3n) is 3.19. The van der Waals surface area contributed by atoms with Gasteiger partial charge in [0.05, 0.1) is 0 Å². The zero-order valence-electron chi connectivity index (χ0n) is 9.42. The molecule has 0 radical (unpaired) electrons. The average molecular weight is 198 g/mol. The summed E-state index contributed by atoms with van der Waals surface area (Å²) in [6.07, 6.45) is 2.44. The van der Waals surface area contributed by atoms with Crippen molar-refractivity contribution < 1.29 is 4.79 Å². The lowest BCUT2D eigenvalue weighted by molar-refractivity contribution is -0.126. The summed E-state index contributed by atoms with van der Waals surface area (Å²) < 4.78 is 0. The van der Waals surface area contributed by atoms with Crippen LogP contribution in [0.4, 0.5) is 0 Å². The number of carbonyl (C=O) groups excluding carboxylic acids is 1. The maximum Gasteiger partial charge on any atom is 0.223 e. The van der Waals surface area contributed by atoms with E-state index in [-0.39, 0.29) is 17.9 Å². The van der Waals surface area contributed by atoms with Gasteiger partial charge in [0, 0.05) is 18.5 Å². The molecule has 0 heterocycles. The van der Waals surface area contributed by atoms with E-state index >= 15 is 0 Å². The predicted octanol–water partition coefficient (Wildman–Crippen LogP) is 1.13. The van der Waals surface area contributed by atoms with Crippen LogP contribution in [0.3, 0.4) is 0 Å². The van der Waals surface area contributed by atoms with Crippen LogP contribution in [0.1, 0.15) is 33.6 Å². The van der Waals surface area contributed by atoms with Gasteiger partial charge in [-0.15, -0.1) is 0 Å². The molecule has 0 bridgehead atoms. The topological polar surface area (TPSA) is 55.1 Å². The number of nitrogens with two attached hydrogens (primary N) is 1. The molecule has 2 atom stereocenters. The molecule has 2 unspecified atom stereocenters.